The molecule has 0 aliphatic heterocycles. The second-order valence-corrected chi connectivity index (χ2v) is 6.12. The van der Waals surface area contributed by atoms with Gasteiger partial charge in [-0.05, 0) is 55.8 Å². The summed E-state index contributed by atoms with van der Waals surface area (Å²) in [4.78, 5) is 11.9. The van der Waals surface area contributed by atoms with Gasteiger partial charge >= 0.3 is 5.97 Å². The van der Waals surface area contributed by atoms with Crippen LogP contribution in [0.15, 0.2) is 40.9 Å². The number of ether oxygens (including phenoxy) is 1. The summed E-state index contributed by atoms with van der Waals surface area (Å²) in [5.41, 5.74) is 0.117. The lowest BCUT2D eigenvalue weighted by molar-refractivity contribution is 0.00697. The maximum atomic E-state index is 11.9. The lowest BCUT2D eigenvalue weighted by Gasteiger charge is -2.19. The van der Waals surface area contributed by atoms with Crippen LogP contribution in [0.25, 0.3) is 10.8 Å². The Kier molecular flexibility index (Phi) is 3.44. The molecule has 0 bridgehead atoms. The molecular formula is C15H15BrO2. The highest BCUT2D eigenvalue weighted by atomic mass is 79.9. The molecule has 0 atom stereocenters. The molecule has 0 saturated carbocycles. The van der Waals surface area contributed by atoms with Crippen LogP contribution in [0.4, 0.5) is 0 Å². The van der Waals surface area contributed by atoms with Crippen LogP contribution in [0.3, 0.4) is 0 Å². The lowest BCUT2D eigenvalue weighted by Crippen LogP contribution is -2.23. The zero-order valence-electron chi connectivity index (χ0n) is 10.7. The number of hydrogen-bond acceptors (Lipinski definition) is 2. The van der Waals surface area contributed by atoms with Crippen LogP contribution in [-0.4, -0.2) is 11.6 Å². The quantitative estimate of drug-likeness (QED) is 0.722. The number of halogens is 1. The lowest BCUT2D eigenvalue weighted by atomic mass is 10.1. The molecule has 0 fully saturated rings. The topological polar surface area (TPSA) is 26.3 Å². The molecule has 0 aromatic heterocycles. The monoisotopic (exact) mass is 306 g/mol. The first kappa shape index (κ1) is 13.1. The molecule has 0 amide bonds. The van der Waals surface area contributed by atoms with Crippen molar-refractivity contribution in [3.63, 3.8) is 0 Å². The molecule has 0 aliphatic rings. The third kappa shape index (κ3) is 3.10. The third-order valence-electron chi connectivity index (χ3n) is 2.44. The predicted octanol–water partition coefficient (Wildman–Crippen LogP) is 4.56. The van der Waals surface area contributed by atoms with Crippen LogP contribution in [0.1, 0.15) is 31.1 Å². The maximum Gasteiger partial charge on any atom is 0.338 e. The standard InChI is InChI=1S/C15H15BrO2/c1-15(2,3)18-14(17)12-5-4-11-9-13(16)7-6-10(11)8-12/h4-9H,1-3H3. The minimum absolute atomic E-state index is 0.285. The second-order valence-electron chi connectivity index (χ2n) is 5.21. The van der Waals surface area contributed by atoms with E-state index in [1.54, 1.807) is 6.07 Å². The first-order valence-electron chi connectivity index (χ1n) is 5.78. The molecular weight excluding hydrogens is 292 g/mol. The van der Waals surface area contributed by atoms with Crippen molar-refractivity contribution >= 4 is 32.7 Å². The van der Waals surface area contributed by atoms with Crippen molar-refractivity contribution in [3.05, 3.63) is 46.4 Å². The van der Waals surface area contributed by atoms with Gasteiger partial charge in [0, 0.05) is 4.47 Å². The van der Waals surface area contributed by atoms with Gasteiger partial charge in [-0.2, -0.15) is 0 Å². The summed E-state index contributed by atoms with van der Waals surface area (Å²) < 4.78 is 6.38. The Morgan fingerprint density at radius 3 is 2.33 bits per heavy atom. The number of rotatable bonds is 1. The van der Waals surface area contributed by atoms with Gasteiger partial charge in [-0.3, -0.25) is 0 Å². The van der Waals surface area contributed by atoms with Crippen molar-refractivity contribution < 1.29 is 9.53 Å². The van der Waals surface area contributed by atoms with Gasteiger partial charge in [0.05, 0.1) is 5.56 Å². The van der Waals surface area contributed by atoms with Gasteiger partial charge in [0.25, 0.3) is 0 Å². The minimum atomic E-state index is -0.467. The first-order valence-corrected chi connectivity index (χ1v) is 6.57. The Morgan fingerprint density at radius 1 is 1.06 bits per heavy atom. The maximum absolute atomic E-state index is 11.9. The van der Waals surface area contributed by atoms with E-state index >= 15 is 0 Å². The average Bonchev–Trinajstić information content (AvgIpc) is 2.26. The van der Waals surface area contributed by atoms with Crippen LogP contribution >= 0.6 is 15.9 Å². The Hall–Kier alpha value is -1.35. The van der Waals surface area contributed by atoms with Crippen molar-refractivity contribution in [1.29, 1.82) is 0 Å². The Labute approximate surface area is 115 Å². The van der Waals surface area contributed by atoms with Crippen LogP contribution < -0.4 is 0 Å². The minimum Gasteiger partial charge on any atom is -0.456 e. The van der Waals surface area contributed by atoms with Crippen LogP contribution in [0, 0.1) is 0 Å². The number of esters is 1. The van der Waals surface area contributed by atoms with E-state index in [0.717, 1.165) is 15.2 Å². The number of hydrogen-bond donors (Lipinski definition) is 0. The normalized spacial score (nSPS) is 11.6. The fourth-order valence-electron chi connectivity index (χ4n) is 1.68. The van der Waals surface area contributed by atoms with Gasteiger partial charge in [0.15, 0.2) is 0 Å². The first-order chi connectivity index (χ1) is 8.35. The fourth-order valence-corrected chi connectivity index (χ4v) is 2.06. The molecule has 18 heavy (non-hydrogen) atoms. The SMILES string of the molecule is CC(C)(C)OC(=O)c1ccc2cc(Br)ccc2c1. The zero-order valence-corrected chi connectivity index (χ0v) is 12.2. The van der Waals surface area contributed by atoms with Crippen LogP contribution in [0.5, 0.6) is 0 Å². The van der Waals surface area contributed by atoms with E-state index in [2.05, 4.69) is 15.9 Å². The van der Waals surface area contributed by atoms with E-state index < -0.39 is 5.60 Å². The second kappa shape index (κ2) is 4.73. The van der Waals surface area contributed by atoms with Gasteiger partial charge in [0.2, 0.25) is 0 Å². The van der Waals surface area contributed by atoms with Gasteiger partial charge in [-0.15, -0.1) is 0 Å². The van der Waals surface area contributed by atoms with Crippen molar-refractivity contribution in [3.8, 4) is 0 Å². The fraction of sp³-hybridized carbons (Fsp3) is 0.267. The molecule has 2 nitrogen and oxygen atoms in total. The Balaban J connectivity index is 2.36. The molecule has 0 saturated heterocycles. The van der Waals surface area contributed by atoms with Gasteiger partial charge in [-0.25, -0.2) is 4.79 Å². The highest BCUT2D eigenvalue weighted by Crippen LogP contribution is 2.22. The summed E-state index contributed by atoms with van der Waals surface area (Å²) in [6.45, 7) is 5.59. The van der Waals surface area contributed by atoms with Gasteiger partial charge < -0.3 is 4.74 Å². The molecule has 0 radical (unpaired) electrons. The Morgan fingerprint density at radius 2 is 1.67 bits per heavy atom. The summed E-state index contributed by atoms with van der Waals surface area (Å²) in [5.74, 6) is -0.285. The highest BCUT2D eigenvalue weighted by molar-refractivity contribution is 9.10. The number of benzene rings is 2. The molecule has 2 rings (SSSR count). The van der Waals surface area contributed by atoms with Crippen LogP contribution in [-0.2, 0) is 4.74 Å². The third-order valence-corrected chi connectivity index (χ3v) is 2.93. The Bertz CT molecular complexity index is 597. The molecule has 94 valence electrons. The number of carbonyl (C=O) groups is 1. The summed E-state index contributed by atoms with van der Waals surface area (Å²) >= 11 is 3.43. The summed E-state index contributed by atoms with van der Waals surface area (Å²) in [6, 6.07) is 11.5. The summed E-state index contributed by atoms with van der Waals surface area (Å²) in [6.07, 6.45) is 0. The smallest absolute Gasteiger partial charge is 0.338 e. The molecule has 0 N–H and O–H groups in total. The van der Waals surface area contributed by atoms with E-state index in [0.29, 0.717) is 5.56 Å². The molecule has 2 aromatic rings. The van der Waals surface area contributed by atoms with Crippen molar-refractivity contribution in [2.45, 2.75) is 26.4 Å². The van der Waals surface area contributed by atoms with Gasteiger partial charge in [0.1, 0.15) is 5.60 Å². The van der Waals surface area contributed by atoms with E-state index in [4.69, 9.17) is 4.74 Å². The number of carbonyl (C=O) groups excluding carboxylic acids is 1. The van der Waals surface area contributed by atoms with E-state index in [9.17, 15) is 4.79 Å². The van der Waals surface area contributed by atoms with Crippen molar-refractivity contribution in [2.24, 2.45) is 0 Å². The molecule has 0 heterocycles. The van der Waals surface area contributed by atoms with Crippen molar-refractivity contribution in [2.75, 3.05) is 0 Å². The molecule has 0 spiro atoms. The van der Waals surface area contributed by atoms with Crippen molar-refractivity contribution in [1.82, 2.24) is 0 Å². The highest BCUT2D eigenvalue weighted by Gasteiger charge is 2.17. The van der Waals surface area contributed by atoms with Crippen LogP contribution in [0.2, 0.25) is 0 Å². The molecule has 2 aromatic carbocycles. The van der Waals surface area contributed by atoms with E-state index in [1.165, 1.54) is 0 Å². The zero-order chi connectivity index (χ0) is 13.3. The summed E-state index contributed by atoms with van der Waals surface area (Å²) in [5, 5.41) is 2.12. The molecule has 3 heteroatoms. The van der Waals surface area contributed by atoms with E-state index in [1.807, 2.05) is 51.1 Å². The summed E-state index contributed by atoms with van der Waals surface area (Å²) in [7, 11) is 0. The predicted molar refractivity (Wildman–Crippen MR) is 76.8 cm³/mol. The number of fused-ring (bicyclic) bond motifs is 1. The largest absolute Gasteiger partial charge is 0.456 e. The van der Waals surface area contributed by atoms with E-state index in [-0.39, 0.29) is 5.97 Å². The molecule has 0 unspecified atom stereocenters. The average molecular weight is 307 g/mol. The van der Waals surface area contributed by atoms with Gasteiger partial charge in [-0.1, -0.05) is 28.1 Å². The molecule has 0 aliphatic carbocycles.